The van der Waals surface area contributed by atoms with Crippen LogP contribution in [0.2, 0.25) is 10.0 Å². The Bertz CT molecular complexity index is 465. The molecule has 0 N–H and O–H groups in total. The van der Waals surface area contributed by atoms with Gasteiger partial charge in [0.15, 0.2) is 5.78 Å². The maximum absolute atomic E-state index is 12.4. The number of rotatable bonds is 3. The largest absolute Gasteiger partial charge is 0.293 e. The fourth-order valence-electron chi connectivity index (χ4n) is 2.75. The van der Waals surface area contributed by atoms with Crippen LogP contribution in [-0.4, -0.2) is 29.3 Å². The van der Waals surface area contributed by atoms with Crippen LogP contribution in [0.5, 0.6) is 0 Å². The topological polar surface area (TPSA) is 20.3 Å². The first-order valence-electron chi connectivity index (χ1n) is 6.73. The summed E-state index contributed by atoms with van der Waals surface area (Å²) in [5.74, 6) is 0.0492. The molecule has 0 radical (unpaired) electrons. The molecule has 2 rings (SSSR count). The predicted molar refractivity (Wildman–Crippen MR) is 80.3 cm³/mol. The van der Waals surface area contributed by atoms with E-state index in [4.69, 9.17) is 23.2 Å². The van der Waals surface area contributed by atoms with E-state index in [1.807, 2.05) is 0 Å². The number of ketones is 1. The van der Waals surface area contributed by atoms with Gasteiger partial charge < -0.3 is 0 Å². The Morgan fingerprint density at radius 2 is 1.89 bits per heavy atom. The number of hydrogen-bond acceptors (Lipinski definition) is 2. The molecule has 0 bridgehead atoms. The summed E-state index contributed by atoms with van der Waals surface area (Å²) in [7, 11) is 0. The predicted octanol–water partition coefficient (Wildman–Crippen LogP) is 4.44. The van der Waals surface area contributed by atoms with E-state index in [0.29, 0.717) is 34.2 Å². The molecule has 0 aliphatic carbocycles. The Morgan fingerprint density at radius 1 is 1.26 bits per heavy atom. The average molecular weight is 300 g/mol. The molecule has 2 atom stereocenters. The third-order valence-electron chi connectivity index (χ3n) is 3.93. The van der Waals surface area contributed by atoms with Gasteiger partial charge in [0.2, 0.25) is 0 Å². The first-order chi connectivity index (χ1) is 8.99. The number of Topliss-reactive ketones (excluding diaryl/α,β-unsaturated/α-hetero) is 1. The van der Waals surface area contributed by atoms with Crippen LogP contribution in [0.1, 0.15) is 43.5 Å². The number of carbonyl (C=O) groups excluding carboxylic acids is 1. The summed E-state index contributed by atoms with van der Waals surface area (Å²) in [6.45, 7) is 4.79. The van der Waals surface area contributed by atoms with Crippen molar-refractivity contribution in [2.24, 2.45) is 0 Å². The Morgan fingerprint density at radius 3 is 2.53 bits per heavy atom. The van der Waals surface area contributed by atoms with Crippen molar-refractivity contribution in [2.75, 3.05) is 6.54 Å². The van der Waals surface area contributed by atoms with Crippen LogP contribution >= 0.6 is 23.2 Å². The number of likely N-dealkylation sites (tertiary alicyclic amines) is 1. The lowest BCUT2D eigenvalue weighted by molar-refractivity contribution is 0.0734. The van der Waals surface area contributed by atoms with Crippen LogP contribution in [0.3, 0.4) is 0 Å². The molecule has 0 aromatic heterocycles. The third kappa shape index (κ3) is 3.50. The molecule has 1 saturated heterocycles. The van der Waals surface area contributed by atoms with E-state index in [2.05, 4.69) is 18.7 Å². The molecule has 1 heterocycles. The van der Waals surface area contributed by atoms with Gasteiger partial charge in [-0.05, 0) is 44.9 Å². The van der Waals surface area contributed by atoms with E-state index in [1.165, 1.54) is 6.42 Å². The molecule has 4 heteroatoms. The first kappa shape index (κ1) is 14.8. The molecule has 1 aromatic rings. The summed E-state index contributed by atoms with van der Waals surface area (Å²) < 4.78 is 0. The summed E-state index contributed by atoms with van der Waals surface area (Å²) >= 11 is 12.0. The number of carbonyl (C=O) groups is 1. The second-order valence-electron chi connectivity index (χ2n) is 5.35. The molecular weight excluding hydrogens is 281 g/mol. The van der Waals surface area contributed by atoms with Gasteiger partial charge in [0.25, 0.3) is 0 Å². The fourth-order valence-corrected chi connectivity index (χ4v) is 3.14. The highest BCUT2D eigenvalue weighted by Gasteiger charge is 2.27. The van der Waals surface area contributed by atoms with Crippen LogP contribution in [0, 0.1) is 0 Å². The Balaban J connectivity index is 2.14. The van der Waals surface area contributed by atoms with Gasteiger partial charge >= 0.3 is 0 Å². The van der Waals surface area contributed by atoms with Crippen molar-refractivity contribution in [1.82, 2.24) is 4.90 Å². The lowest BCUT2D eigenvalue weighted by Crippen LogP contribution is -2.46. The molecule has 1 aromatic carbocycles. The minimum atomic E-state index is 0.0492. The molecule has 0 amide bonds. The lowest BCUT2D eigenvalue weighted by atomic mass is 9.96. The molecule has 104 valence electrons. The third-order valence-corrected chi connectivity index (χ3v) is 4.50. The van der Waals surface area contributed by atoms with Crippen LogP contribution < -0.4 is 0 Å². The summed E-state index contributed by atoms with van der Waals surface area (Å²) in [5, 5.41) is 1.03. The fraction of sp³-hybridized carbons (Fsp3) is 0.533. The van der Waals surface area contributed by atoms with E-state index in [1.54, 1.807) is 18.2 Å². The minimum Gasteiger partial charge on any atom is -0.293 e. The molecule has 2 nitrogen and oxygen atoms in total. The maximum Gasteiger partial charge on any atom is 0.178 e. The number of piperidine rings is 1. The van der Waals surface area contributed by atoms with Crippen molar-refractivity contribution in [3.8, 4) is 0 Å². The highest BCUT2D eigenvalue weighted by molar-refractivity contribution is 6.36. The summed E-state index contributed by atoms with van der Waals surface area (Å²) in [6, 6.07) is 5.94. The zero-order chi connectivity index (χ0) is 14.0. The Kier molecular flexibility index (Phi) is 4.88. The van der Waals surface area contributed by atoms with Crippen LogP contribution in [0.15, 0.2) is 18.2 Å². The minimum absolute atomic E-state index is 0.0492. The van der Waals surface area contributed by atoms with Crippen molar-refractivity contribution >= 4 is 29.0 Å². The van der Waals surface area contributed by atoms with E-state index in [0.717, 1.165) is 12.8 Å². The van der Waals surface area contributed by atoms with Gasteiger partial charge in [-0.3, -0.25) is 9.69 Å². The monoisotopic (exact) mass is 299 g/mol. The van der Waals surface area contributed by atoms with Gasteiger partial charge in [0, 0.05) is 22.7 Å². The summed E-state index contributed by atoms with van der Waals surface area (Å²) in [5.41, 5.74) is 0.527. The van der Waals surface area contributed by atoms with Crippen molar-refractivity contribution in [2.45, 2.75) is 45.2 Å². The van der Waals surface area contributed by atoms with Gasteiger partial charge in [-0.25, -0.2) is 0 Å². The second-order valence-corrected chi connectivity index (χ2v) is 6.19. The molecule has 0 spiro atoms. The average Bonchev–Trinajstić information content (AvgIpc) is 2.37. The molecule has 0 unspecified atom stereocenters. The van der Waals surface area contributed by atoms with E-state index >= 15 is 0 Å². The zero-order valence-electron chi connectivity index (χ0n) is 11.3. The van der Waals surface area contributed by atoms with Gasteiger partial charge in [0.05, 0.1) is 11.6 Å². The quantitative estimate of drug-likeness (QED) is 0.769. The van der Waals surface area contributed by atoms with E-state index in [-0.39, 0.29) is 5.78 Å². The second kappa shape index (κ2) is 6.25. The zero-order valence-corrected chi connectivity index (χ0v) is 12.8. The van der Waals surface area contributed by atoms with Crippen molar-refractivity contribution in [3.63, 3.8) is 0 Å². The van der Waals surface area contributed by atoms with Gasteiger partial charge in [-0.2, -0.15) is 0 Å². The van der Waals surface area contributed by atoms with E-state index in [9.17, 15) is 4.79 Å². The van der Waals surface area contributed by atoms with Crippen LogP contribution in [0.25, 0.3) is 0 Å². The van der Waals surface area contributed by atoms with Crippen LogP contribution in [0.4, 0.5) is 0 Å². The Labute approximate surface area is 124 Å². The molecule has 1 aliphatic rings. The molecule has 19 heavy (non-hydrogen) atoms. The normalized spacial score (nSPS) is 24.4. The summed E-state index contributed by atoms with van der Waals surface area (Å²) in [4.78, 5) is 14.7. The maximum atomic E-state index is 12.4. The highest BCUT2D eigenvalue weighted by atomic mass is 35.5. The van der Waals surface area contributed by atoms with Crippen molar-refractivity contribution in [1.29, 1.82) is 0 Å². The first-order valence-corrected chi connectivity index (χ1v) is 7.48. The van der Waals surface area contributed by atoms with Crippen LogP contribution in [-0.2, 0) is 0 Å². The van der Waals surface area contributed by atoms with Gasteiger partial charge in [-0.15, -0.1) is 0 Å². The molecular formula is C15H19Cl2NO. The number of benzene rings is 1. The van der Waals surface area contributed by atoms with Crippen molar-refractivity contribution in [3.05, 3.63) is 33.8 Å². The number of nitrogens with zero attached hydrogens (tertiary/aromatic N) is 1. The molecule has 1 fully saturated rings. The SMILES string of the molecule is C[C@@H]1CCC[C@H](C)N1CC(=O)c1cc(Cl)ccc1Cl. The van der Waals surface area contributed by atoms with Gasteiger partial charge in [0.1, 0.15) is 0 Å². The number of halogens is 2. The number of hydrogen-bond donors (Lipinski definition) is 0. The lowest BCUT2D eigenvalue weighted by Gasteiger charge is -2.38. The smallest absolute Gasteiger partial charge is 0.178 e. The summed E-state index contributed by atoms with van der Waals surface area (Å²) in [6.07, 6.45) is 3.55. The van der Waals surface area contributed by atoms with Gasteiger partial charge in [-0.1, -0.05) is 29.6 Å². The Hall–Kier alpha value is -0.570. The van der Waals surface area contributed by atoms with E-state index < -0.39 is 0 Å². The van der Waals surface area contributed by atoms with Crippen molar-refractivity contribution < 1.29 is 4.79 Å². The molecule has 0 saturated carbocycles. The standard InChI is InChI=1S/C15H19Cl2NO/c1-10-4-3-5-11(2)18(10)9-15(19)13-8-12(16)6-7-14(13)17/h6-8,10-11H,3-5,9H2,1-2H3/t10-,11+. The molecule has 1 aliphatic heterocycles. The highest BCUT2D eigenvalue weighted by Crippen LogP contribution is 2.25.